The smallest absolute Gasteiger partial charge is 0.462 e. The molecule has 5 atom stereocenters. The molecule has 17 nitrogen and oxygen atoms in total. The molecular weight excluding hydrogens is 1130 g/mol. The van der Waals surface area contributed by atoms with Gasteiger partial charge in [-0.1, -0.05) is 267 Å². The van der Waals surface area contributed by atoms with Crippen molar-refractivity contribution in [1.82, 2.24) is 0 Å². The fraction of sp³-hybridized carbons (Fsp3) is 0.939. The van der Waals surface area contributed by atoms with E-state index in [4.69, 9.17) is 37.0 Å². The number of esters is 4. The van der Waals surface area contributed by atoms with Gasteiger partial charge in [-0.15, -0.1) is 0 Å². The Morgan fingerprint density at radius 3 is 0.729 bits per heavy atom. The Kier molecular flexibility index (Phi) is 54.8. The molecule has 0 rings (SSSR count). The lowest BCUT2D eigenvalue weighted by Crippen LogP contribution is -2.30. The molecule has 85 heavy (non-hydrogen) atoms. The van der Waals surface area contributed by atoms with Crippen LogP contribution in [0.4, 0.5) is 0 Å². The molecule has 0 heterocycles. The van der Waals surface area contributed by atoms with Gasteiger partial charge in [0.1, 0.15) is 19.3 Å². The SMILES string of the molecule is CC(C)CCCCCCCCCCCCCC(=O)O[C@H](COC(=O)CCCCCCCCC(C)C)COP(=O)(O)OCC(O)COP(=O)(O)OC[C@@H](COC(=O)CCCCCCCCCC(C)C)OC(=O)CCCCCCCCCCCC(C)C. The minimum Gasteiger partial charge on any atom is -0.462 e. The molecule has 0 aliphatic heterocycles. The summed E-state index contributed by atoms with van der Waals surface area (Å²) in [6.45, 7) is 14.0. The van der Waals surface area contributed by atoms with Gasteiger partial charge in [0, 0.05) is 25.7 Å². The van der Waals surface area contributed by atoms with Crippen molar-refractivity contribution < 1.29 is 80.2 Å². The first kappa shape index (κ1) is 83.1. The Labute approximate surface area is 517 Å². The molecule has 3 N–H and O–H groups in total. The fourth-order valence-corrected chi connectivity index (χ4v) is 11.4. The lowest BCUT2D eigenvalue weighted by atomic mass is 10.0. The summed E-state index contributed by atoms with van der Waals surface area (Å²) < 4.78 is 68.1. The number of phosphoric acid groups is 2. The van der Waals surface area contributed by atoms with Gasteiger partial charge in [-0.3, -0.25) is 37.3 Å². The fourth-order valence-electron chi connectivity index (χ4n) is 9.78. The van der Waals surface area contributed by atoms with Crippen LogP contribution in [0.2, 0.25) is 0 Å². The second-order valence-electron chi connectivity index (χ2n) is 25.8. The molecular formula is C66H128O17P2. The number of rotatable bonds is 63. The number of hydrogen-bond donors (Lipinski definition) is 3. The van der Waals surface area contributed by atoms with Gasteiger partial charge in [0.25, 0.3) is 0 Å². The highest BCUT2D eigenvalue weighted by Gasteiger charge is 2.30. The molecule has 0 radical (unpaired) electrons. The molecule has 0 aromatic carbocycles. The third-order valence-electron chi connectivity index (χ3n) is 15.1. The Morgan fingerprint density at radius 1 is 0.294 bits per heavy atom. The van der Waals surface area contributed by atoms with Gasteiger partial charge in [-0.05, 0) is 49.4 Å². The van der Waals surface area contributed by atoms with E-state index in [1.54, 1.807) is 0 Å². The zero-order valence-corrected chi connectivity index (χ0v) is 57.0. The summed E-state index contributed by atoms with van der Waals surface area (Å²) in [6.07, 6.45) is 36.4. The molecule has 0 saturated carbocycles. The monoisotopic (exact) mass is 1250 g/mol. The molecule has 0 saturated heterocycles. The van der Waals surface area contributed by atoms with Gasteiger partial charge in [-0.2, -0.15) is 0 Å². The first-order chi connectivity index (χ1) is 40.6. The van der Waals surface area contributed by atoms with Crippen LogP contribution in [0.25, 0.3) is 0 Å². The highest BCUT2D eigenvalue weighted by Crippen LogP contribution is 2.45. The molecule has 19 heteroatoms. The number of ether oxygens (including phenoxy) is 4. The number of carbonyl (C=O) groups is 4. The van der Waals surface area contributed by atoms with E-state index >= 15 is 0 Å². The maximum atomic E-state index is 13.0. The highest BCUT2D eigenvalue weighted by molar-refractivity contribution is 7.47. The van der Waals surface area contributed by atoms with E-state index in [1.807, 2.05) is 0 Å². The predicted molar refractivity (Wildman–Crippen MR) is 340 cm³/mol. The Bertz CT molecular complexity index is 1700. The van der Waals surface area contributed by atoms with Crippen molar-refractivity contribution in [2.24, 2.45) is 23.7 Å². The summed E-state index contributed by atoms with van der Waals surface area (Å²) in [5, 5.41) is 10.5. The predicted octanol–water partition coefficient (Wildman–Crippen LogP) is 18.1. The van der Waals surface area contributed by atoms with E-state index in [-0.39, 0.29) is 25.7 Å². The van der Waals surface area contributed by atoms with E-state index in [0.717, 1.165) is 115 Å². The van der Waals surface area contributed by atoms with Crippen molar-refractivity contribution in [3.05, 3.63) is 0 Å². The van der Waals surface area contributed by atoms with Gasteiger partial charge in [0.15, 0.2) is 12.2 Å². The van der Waals surface area contributed by atoms with Crippen LogP contribution in [-0.2, 0) is 65.4 Å². The van der Waals surface area contributed by atoms with Gasteiger partial charge < -0.3 is 33.8 Å². The van der Waals surface area contributed by atoms with E-state index in [0.29, 0.717) is 37.5 Å². The lowest BCUT2D eigenvalue weighted by Gasteiger charge is -2.21. The minimum absolute atomic E-state index is 0.104. The van der Waals surface area contributed by atoms with Crippen molar-refractivity contribution in [3.8, 4) is 0 Å². The summed E-state index contributed by atoms with van der Waals surface area (Å²) in [4.78, 5) is 72.3. The highest BCUT2D eigenvalue weighted by atomic mass is 31.2. The molecule has 0 fully saturated rings. The Hall–Kier alpha value is -1.94. The third-order valence-corrected chi connectivity index (χ3v) is 17.0. The Balaban J connectivity index is 5.24. The standard InChI is InChI=1S/C66H128O17P2/c1-56(2)42-34-26-18-13-10-9-11-15-21-32-40-48-65(70)83-62(53-77-64(69)47-39-31-25-24-29-37-45-59(7)8)55-81-85(74,75)79-51-60(67)50-78-84(72,73)80-54-61(52-76-63(68)46-38-30-23-17-20-28-36-44-58(5)6)82-66(71)49-41-33-22-16-12-14-19-27-35-43-57(3)4/h56-62,67H,9-55H2,1-8H3,(H,72,73)(H,74,75)/t60?,61-,62-/m1/s1. The Morgan fingerprint density at radius 2 is 0.494 bits per heavy atom. The summed E-state index contributed by atoms with van der Waals surface area (Å²) in [5.74, 6) is 0.748. The number of aliphatic hydroxyl groups excluding tert-OH is 1. The van der Waals surface area contributed by atoms with Crippen LogP contribution in [0.5, 0.6) is 0 Å². The zero-order chi connectivity index (χ0) is 63.2. The van der Waals surface area contributed by atoms with Gasteiger partial charge in [0.05, 0.1) is 26.4 Å². The van der Waals surface area contributed by atoms with E-state index < -0.39 is 97.5 Å². The quantitative estimate of drug-likeness (QED) is 0.0222. The van der Waals surface area contributed by atoms with Gasteiger partial charge >= 0.3 is 39.5 Å². The largest absolute Gasteiger partial charge is 0.472 e. The van der Waals surface area contributed by atoms with Crippen LogP contribution >= 0.6 is 15.6 Å². The van der Waals surface area contributed by atoms with Crippen LogP contribution in [-0.4, -0.2) is 96.7 Å². The van der Waals surface area contributed by atoms with Crippen molar-refractivity contribution >= 4 is 39.5 Å². The van der Waals surface area contributed by atoms with Crippen LogP contribution < -0.4 is 0 Å². The number of hydrogen-bond acceptors (Lipinski definition) is 15. The number of unbranched alkanes of at least 4 members (excludes halogenated alkanes) is 29. The second-order valence-corrected chi connectivity index (χ2v) is 28.7. The molecule has 0 aromatic rings. The molecule has 0 aliphatic rings. The molecule has 0 aromatic heterocycles. The van der Waals surface area contributed by atoms with Crippen LogP contribution in [0.15, 0.2) is 0 Å². The first-order valence-electron chi connectivity index (χ1n) is 34.2. The normalized spacial score (nSPS) is 14.4. The summed E-state index contributed by atoms with van der Waals surface area (Å²) in [6, 6.07) is 0. The number of aliphatic hydroxyl groups is 1. The van der Waals surface area contributed by atoms with Crippen LogP contribution in [0, 0.1) is 23.7 Å². The lowest BCUT2D eigenvalue weighted by molar-refractivity contribution is -0.161. The minimum atomic E-state index is -4.95. The zero-order valence-electron chi connectivity index (χ0n) is 55.2. The number of phosphoric ester groups is 2. The first-order valence-corrected chi connectivity index (χ1v) is 37.2. The van der Waals surface area contributed by atoms with Crippen molar-refractivity contribution in [3.63, 3.8) is 0 Å². The average molecular weight is 1260 g/mol. The van der Waals surface area contributed by atoms with Gasteiger partial charge in [-0.25, -0.2) is 9.13 Å². The molecule has 0 bridgehead atoms. The van der Waals surface area contributed by atoms with Gasteiger partial charge in [0.2, 0.25) is 0 Å². The van der Waals surface area contributed by atoms with Crippen molar-refractivity contribution in [2.45, 2.75) is 337 Å². The third kappa shape index (κ3) is 60.7. The maximum Gasteiger partial charge on any atom is 0.472 e. The molecule has 0 spiro atoms. The average Bonchev–Trinajstić information content (AvgIpc) is 3.61. The molecule has 504 valence electrons. The number of carbonyl (C=O) groups excluding carboxylic acids is 4. The second kappa shape index (κ2) is 56.1. The molecule has 0 amide bonds. The summed E-state index contributed by atoms with van der Waals surface area (Å²) in [5.41, 5.74) is 0. The summed E-state index contributed by atoms with van der Waals surface area (Å²) >= 11 is 0. The maximum absolute atomic E-state index is 13.0. The van der Waals surface area contributed by atoms with Crippen LogP contribution in [0.1, 0.15) is 319 Å². The van der Waals surface area contributed by atoms with Crippen molar-refractivity contribution in [1.29, 1.82) is 0 Å². The van der Waals surface area contributed by atoms with Crippen molar-refractivity contribution in [2.75, 3.05) is 39.6 Å². The van der Waals surface area contributed by atoms with Crippen LogP contribution in [0.3, 0.4) is 0 Å². The molecule has 3 unspecified atom stereocenters. The molecule has 0 aliphatic carbocycles. The van der Waals surface area contributed by atoms with E-state index in [1.165, 1.54) is 109 Å². The van der Waals surface area contributed by atoms with E-state index in [9.17, 15) is 43.2 Å². The summed E-state index contributed by atoms with van der Waals surface area (Å²) in [7, 11) is -9.89. The van der Waals surface area contributed by atoms with E-state index in [2.05, 4.69) is 55.4 Å². The topological polar surface area (TPSA) is 237 Å².